The Bertz CT molecular complexity index is 974. The van der Waals surface area contributed by atoms with Crippen LogP contribution in [-0.2, 0) is 28.1 Å². The lowest BCUT2D eigenvalue weighted by Crippen LogP contribution is -2.47. The van der Waals surface area contributed by atoms with E-state index in [-0.39, 0.29) is 19.0 Å². The first kappa shape index (κ1) is 19.0. The maximum Gasteiger partial charge on any atom is 0.325 e. The van der Waals surface area contributed by atoms with E-state index in [0.717, 1.165) is 34.4 Å². The Morgan fingerprint density at radius 3 is 2.86 bits per heavy atom. The van der Waals surface area contributed by atoms with Gasteiger partial charge in [-0.15, -0.1) is 0 Å². The van der Waals surface area contributed by atoms with Crippen molar-refractivity contribution in [3.63, 3.8) is 0 Å². The Balaban J connectivity index is 1.45. The predicted molar refractivity (Wildman–Crippen MR) is 106 cm³/mol. The molecule has 0 unspecified atom stereocenters. The number of methoxy groups -OCH3 is 1. The van der Waals surface area contributed by atoms with Gasteiger partial charge in [0.1, 0.15) is 17.8 Å². The lowest BCUT2D eigenvalue weighted by molar-refractivity contribution is -0.135. The quantitative estimate of drug-likeness (QED) is 0.762. The molecule has 7 heteroatoms. The van der Waals surface area contributed by atoms with Crippen LogP contribution in [0.15, 0.2) is 48.5 Å². The molecule has 150 valence electrons. The second-order valence-corrected chi connectivity index (χ2v) is 7.37. The number of ether oxygens (including phenoxy) is 1. The second kappa shape index (κ2) is 7.58. The van der Waals surface area contributed by atoms with E-state index in [2.05, 4.69) is 10.6 Å². The van der Waals surface area contributed by atoms with Gasteiger partial charge < -0.3 is 15.4 Å². The van der Waals surface area contributed by atoms with Crippen molar-refractivity contribution >= 4 is 17.8 Å². The molecule has 4 rings (SSSR count). The number of nitrogens with zero attached hydrogens (tertiary/aromatic N) is 1. The molecule has 1 aliphatic heterocycles. The zero-order valence-corrected chi connectivity index (χ0v) is 16.2. The highest BCUT2D eigenvalue weighted by Crippen LogP contribution is 2.39. The van der Waals surface area contributed by atoms with E-state index >= 15 is 0 Å². The molecule has 2 aromatic rings. The third-order valence-corrected chi connectivity index (χ3v) is 5.58. The van der Waals surface area contributed by atoms with Crippen molar-refractivity contribution in [2.75, 3.05) is 13.7 Å². The second-order valence-electron chi connectivity index (χ2n) is 7.37. The van der Waals surface area contributed by atoms with Gasteiger partial charge in [-0.25, -0.2) is 4.79 Å². The Hall–Kier alpha value is -3.35. The molecule has 1 aliphatic carbocycles. The summed E-state index contributed by atoms with van der Waals surface area (Å²) < 4.78 is 5.17. The van der Waals surface area contributed by atoms with Crippen LogP contribution in [0, 0.1) is 0 Å². The van der Waals surface area contributed by atoms with Crippen LogP contribution in [0.5, 0.6) is 5.75 Å². The fraction of sp³-hybridized carbons (Fsp3) is 0.318. The lowest BCUT2D eigenvalue weighted by Gasteiger charge is -2.33. The van der Waals surface area contributed by atoms with Gasteiger partial charge in [0.2, 0.25) is 5.91 Å². The molecular formula is C22H23N3O4. The van der Waals surface area contributed by atoms with Crippen molar-refractivity contribution in [2.24, 2.45) is 0 Å². The van der Waals surface area contributed by atoms with Gasteiger partial charge in [0.25, 0.3) is 5.91 Å². The number of amides is 4. The van der Waals surface area contributed by atoms with Crippen LogP contribution >= 0.6 is 0 Å². The average Bonchev–Trinajstić information content (AvgIpc) is 2.97. The van der Waals surface area contributed by atoms with Gasteiger partial charge in [0.15, 0.2) is 0 Å². The van der Waals surface area contributed by atoms with Gasteiger partial charge in [-0.3, -0.25) is 14.5 Å². The maximum absolute atomic E-state index is 13.2. The number of urea groups is 1. The molecule has 2 aliphatic rings. The molecule has 1 fully saturated rings. The van der Waals surface area contributed by atoms with Gasteiger partial charge in [-0.2, -0.15) is 0 Å². The minimum atomic E-state index is -1.06. The van der Waals surface area contributed by atoms with Crippen molar-refractivity contribution in [1.82, 2.24) is 15.5 Å². The van der Waals surface area contributed by atoms with Crippen LogP contribution in [0.4, 0.5) is 4.79 Å². The van der Waals surface area contributed by atoms with E-state index in [9.17, 15) is 14.4 Å². The summed E-state index contributed by atoms with van der Waals surface area (Å²) in [5, 5.41) is 5.62. The first-order valence-corrected chi connectivity index (χ1v) is 9.65. The minimum absolute atomic E-state index is 0.285. The number of hydrogen-bond acceptors (Lipinski definition) is 4. The topological polar surface area (TPSA) is 87.7 Å². The summed E-state index contributed by atoms with van der Waals surface area (Å²) in [6, 6.07) is 14.5. The number of carbonyl (C=O) groups is 3. The smallest absolute Gasteiger partial charge is 0.325 e. The van der Waals surface area contributed by atoms with Crippen LogP contribution in [-0.4, -0.2) is 36.4 Å². The van der Waals surface area contributed by atoms with E-state index in [1.165, 1.54) is 0 Å². The highest BCUT2D eigenvalue weighted by Gasteiger charge is 2.54. The Labute approximate surface area is 169 Å². The van der Waals surface area contributed by atoms with Crippen LogP contribution in [0.25, 0.3) is 0 Å². The van der Waals surface area contributed by atoms with Crippen LogP contribution in [0.3, 0.4) is 0 Å². The molecule has 2 N–H and O–H groups in total. The van der Waals surface area contributed by atoms with E-state index < -0.39 is 17.5 Å². The molecule has 0 aromatic heterocycles. The maximum atomic E-state index is 13.2. The summed E-state index contributed by atoms with van der Waals surface area (Å²) in [6.07, 6.45) is 2.22. The number of fused-ring (bicyclic) bond motifs is 2. The fourth-order valence-corrected chi connectivity index (χ4v) is 4.14. The third kappa shape index (κ3) is 3.44. The van der Waals surface area contributed by atoms with Crippen LogP contribution in [0.1, 0.15) is 29.5 Å². The van der Waals surface area contributed by atoms with Crippen molar-refractivity contribution in [3.05, 3.63) is 65.2 Å². The highest BCUT2D eigenvalue weighted by molar-refractivity contribution is 6.09. The number of aryl methyl sites for hydroxylation is 1. The number of rotatable bonds is 5. The van der Waals surface area contributed by atoms with E-state index in [1.807, 2.05) is 48.5 Å². The molecular weight excluding hydrogens is 370 g/mol. The number of nitrogens with one attached hydrogen (secondary N) is 2. The summed E-state index contributed by atoms with van der Waals surface area (Å²) in [4.78, 5) is 39.2. The van der Waals surface area contributed by atoms with Gasteiger partial charge in [-0.05, 0) is 48.1 Å². The molecule has 0 radical (unpaired) electrons. The van der Waals surface area contributed by atoms with Crippen LogP contribution in [0.2, 0.25) is 0 Å². The monoisotopic (exact) mass is 393 g/mol. The third-order valence-electron chi connectivity index (χ3n) is 5.58. The summed E-state index contributed by atoms with van der Waals surface area (Å²) >= 11 is 0. The molecule has 0 saturated carbocycles. The number of hydrogen-bond donors (Lipinski definition) is 2. The normalized spacial score (nSPS) is 20.4. The van der Waals surface area contributed by atoms with Crippen molar-refractivity contribution in [1.29, 1.82) is 0 Å². The first-order valence-electron chi connectivity index (χ1n) is 9.65. The van der Waals surface area contributed by atoms with Crippen molar-refractivity contribution in [3.8, 4) is 5.75 Å². The summed E-state index contributed by atoms with van der Waals surface area (Å²) in [7, 11) is 1.58. The van der Waals surface area contributed by atoms with E-state index in [4.69, 9.17) is 4.74 Å². The zero-order valence-electron chi connectivity index (χ0n) is 16.2. The molecule has 29 heavy (non-hydrogen) atoms. The molecule has 2 aromatic carbocycles. The summed E-state index contributed by atoms with van der Waals surface area (Å²) in [5.41, 5.74) is 1.71. The zero-order chi connectivity index (χ0) is 20.4. The SMILES string of the molecule is COc1cccc(CNC(=O)CN2C(=O)N[C@@]3(CCCc4ccccc43)C2=O)c1. The average molecular weight is 393 g/mol. The largest absolute Gasteiger partial charge is 0.497 e. The number of carbonyl (C=O) groups excluding carboxylic acids is 3. The molecule has 1 atom stereocenters. The number of benzene rings is 2. The van der Waals surface area contributed by atoms with Crippen molar-refractivity contribution < 1.29 is 19.1 Å². The Morgan fingerprint density at radius 2 is 2.03 bits per heavy atom. The molecule has 0 bridgehead atoms. The molecule has 7 nitrogen and oxygen atoms in total. The van der Waals surface area contributed by atoms with Crippen LogP contribution < -0.4 is 15.4 Å². The van der Waals surface area contributed by atoms with Gasteiger partial charge in [0, 0.05) is 6.54 Å². The van der Waals surface area contributed by atoms with Gasteiger partial charge >= 0.3 is 6.03 Å². The molecule has 1 heterocycles. The predicted octanol–water partition coefficient (Wildman–Crippen LogP) is 2.09. The van der Waals surface area contributed by atoms with E-state index in [0.29, 0.717) is 12.2 Å². The van der Waals surface area contributed by atoms with Crippen molar-refractivity contribution in [2.45, 2.75) is 31.3 Å². The minimum Gasteiger partial charge on any atom is -0.497 e. The molecule has 1 saturated heterocycles. The lowest BCUT2D eigenvalue weighted by atomic mass is 9.76. The molecule has 4 amide bonds. The number of imide groups is 1. The molecule has 1 spiro atoms. The standard InChI is InChI=1S/C22H23N3O4/c1-29-17-9-4-6-15(12-17)13-23-19(26)14-25-20(27)22(24-21(25)28)11-5-8-16-7-2-3-10-18(16)22/h2-4,6-7,9-10,12H,5,8,11,13-14H2,1H3,(H,23,26)(H,24,28)/t22-/m1/s1. The van der Waals surface area contributed by atoms with Gasteiger partial charge in [-0.1, -0.05) is 36.4 Å². The Morgan fingerprint density at radius 1 is 1.21 bits per heavy atom. The Kier molecular flexibility index (Phi) is 4.96. The highest BCUT2D eigenvalue weighted by atomic mass is 16.5. The summed E-state index contributed by atoms with van der Waals surface area (Å²) in [5.74, 6) is -0.0487. The van der Waals surface area contributed by atoms with Gasteiger partial charge in [0.05, 0.1) is 7.11 Å². The summed E-state index contributed by atoms with van der Waals surface area (Å²) in [6.45, 7) is -0.0216. The first-order chi connectivity index (χ1) is 14.0. The van der Waals surface area contributed by atoms with E-state index in [1.54, 1.807) is 7.11 Å². The fourth-order valence-electron chi connectivity index (χ4n) is 4.14.